The van der Waals surface area contributed by atoms with Crippen molar-refractivity contribution < 1.29 is 18.7 Å². The molecule has 0 unspecified atom stereocenters. The minimum Gasteiger partial charge on any atom is -0.458 e. The third-order valence-electron chi connectivity index (χ3n) is 3.78. The van der Waals surface area contributed by atoms with Crippen LogP contribution in [0.25, 0.3) is 22.5 Å². The van der Waals surface area contributed by atoms with Gasteiger partial charge in [0.15, 0.2) is 0 Å². The highest BCUT2D eigenvalue weighted by Crippen LogP contribution is 2.48. The number of rotatable bonds is 2. The second kappa shape index (κ2) is 5.73. The van der Waals surface area contributed by atoms with Crippen LogP contribution in [-0.2, 0) is 16.1 Å². The molecule has 2 heterocycles. The molecule has 0 spiro atoms. The van der Waals surface area contributed by atoms with Crippen molar-refractivity contribution in [2.75, 3.05) is 0 Å². The smallest absolute Gasteiger partial charge is 0.303 e. The summed E-state index contributed by atoms with van der Waals surface area (Å²) >= 11 is 6.15. The summed E-state index contributed by atoms with van der Waals surface area (Å²) in [6.07, 6.45) is 0. The van der Waals surface area contributed by atoms with E-state index in [1.54, 1.807) is 12.1 Å². The number of furan rings is 1. The van der Waals surface area contributed by atoms with Crippen LogP contribution in [-0.4, -0.2) is 5.97 Å². The Kier molecular flexibility index (Phi) is 3.54. The first-order chi connectivity index (χ1) is 11.6. The van der Waals surface area contributed by atoms with E-state index in [0.29, 0.717) is 22.3 Å². The lowest BCUT2D eigenvalue weighted by atomic mass is 10.0. The molecule has 0 atom stereocenters. The third-order valence-corrected chi connectivity index (χ3v) is 4.02. The van der Waals surface area contributed by atoms with Gasteiger partial charge in [0.1, 0.15) is 29.6 Å². The molecule has 4 nitrogen and oxygen atoms in total. The van der Waals surface area contributed by atoms with Crippen LogP contribution in [0.2, 0.25) is 5.02 Å². The van der Waals surface area contributed by atoms with E-state index in [-0.39, 0.29) is 12.6 Å². The van der Waals surface area contributed by atoms with Crippen molar-refractivity contribution in [3.8, 4) is 33.9 Å². The van der Waals surface area contributed by atoms with Gasteiger partial charge in [0.05, 0.1) is 5.56 Å². The van der Waals surface area contributed by atoms with Crippen molar-refractivity contribution in [2.45, 2.75) is 13.5 Å². The van der Waals surface area contributed by atoms with Gasteiger partial charge in [-0.25, -0.2) is 0 Å². The van der Waals surface area contributed by atoms with Crippen molar-refractivity contribution in [2.24, 2.45) is 0 Å². The van der Waals surface area contributed by atoms with E-state index >= 15 is 0 Å². The summed E-state index contributed by atoms with van der Waals surface area (Å²) in [5.41, 5.74) is 2.56. The van der Waals surface area contributed by atoms with Gasteiger partial charge in [-0.1, -0.05) is 29.8 Å². The summed E-state index contributed by atoms with van der Waals surface area (Å²) in [5.74, 6) is 2.27. The zero-order chi connectivity index (χ0) is 16.7. The maximum Gasteiger partial charge on any atom is 0.303 e. The van der Waals surface area contributed by atoms with Gasteiger partial charge >= 0.3 is 5.97 Å². The average Bonchev–Trinajstić information content (AvgIpc) is 2.94. The Morgan fingerprint density at radius 2 is 1.83 bits per heavy atom. The maximum atomic E-state index is 11.1. The number of hydrogen-bond donors (Lipinski definition) is 0. The van der Waals surface area contributed by atoms with Gasteiger partial charge < -0.3 is 13.9 Å². The van der Waals surface area contributed by atoms with Gasteiger partial charge in [0, 0.05) is 23.1 Å². The monoisotopic (exact) mass is 340 g/mol. The second-order valence-electron chi connectivity index (χ2n) is 5.47. The number of hydrogen-bond acceptors (Lipinski definition) is 4. The Balaban J connectivity index is 1.92. The third kappa shape index (κ3) is 2.55. The first-order valence-corrected chi connectivity index (χ1v) is 7.83. The summed E-state index contributed by atoms with van der Waals surface area (Å²) in [5, 5.41) is 0.590. The zero-order valence-electron chi connectivity index (χ0n) is 12.8. The van der Waals surface area contributed by atoms with Crippen molar-refractivity contribution in [1.82, 2.24) is 0 Å². The summed E-state index contributed by atoms with van der Waals surface area (Å²) in [7, 11) is 0. The molecule has 24 heavy (non-hydrogen) atoms. The molecule has 0 amide bonds. The Labute approximate surface area is 143 Å². The molecule has 1 aromatic heterocycles. The first-order valence-electron chi connectivity index (χ1n) is 7.45. The lowest BCUT2D eigenvalue weighted by molar-refractivity contribution is -0.142. The maximum absolute atomic E-state index is 11.1. The van der Waals surface area contributed by atoms with Crippen LogP contribution >= 0.6 is 11.6 Å². The van der Waals surface area contributed by atoms with Crippen molar-refractivity contribution in [3.63, 3.8) is 0 Å². The van der Waals surface area contributed by atoms with Gasteiger partial charge in [0.2, 0.25) is 0 Å². The van der Waals surface area contributed by atoms with Crippen LogP contribution in [0, 0.1) is 0 Å². The number of halogens is 1. The number of esters is 1. The van der Waals surface area contributed by atoms with E-state index in [4.69, 9.17) is 25.5 Å². The lowest BCUT2D eigenvalue weighted by Crippen LogP contribution is -1.97. The van der Waals surface area contributed by atoms with E-state index in [1.165, 1.54) is 6.92 Å². The first kappa shape index (κ1) is 14.8. The van der Waals surface area contributed by atoms with E-state index in [1.807, 2.05) is 36.4 Å². The predicted molar refractivity (Wildman–Crippen MR) is 90.1 cm³/mol. The van der Waals surface area contributed by atoms with Crippen LogP contribution in [0.3, 0.4) is 0 Å². The number of benzene rings is 2. The molecule has 0 radical (unpaired) electrons. The fraction of sp³-hybridized carbons (Fsp3) is 0.105. The summed E-state index contributed by atoms with van der Waals surface area (Å²) in [6, 6.07) is 15.0. The van der Waals surface area contributed by atoms with Crippen LogP contribution < -0.4 is 4.74 Å². The summed E-state index contributed by atoms with van der Waals surface area (Å²) < 4.78 is 17.0. The highest BCUT2D eigenvalue weighted by Gasteiger charge is 2.25. The quantitative estimate of drug-likeness (QED) is 0.456. The topological polar surface area (TPSA) is 48.7 Å². The largest absolute Gasteiger partial charge is 0.458 e. The van der Waals surface area contributed by atoms with Crippen molar-refractivity contribution in [1.29, 1.82) is 0 Å². The molecule has 1 aliphatic heterocycles. The van der Waals surface area contributed by atoms with Crippen LogP contribution in [0.1, 0.15) is 12.7 Å². The Bertz CT molecular complexity index is 942. The molecule has 0 aliphatic carbocycles. The Morgan fingerprint density at radius 3 is 2.67 bits per heavy atom. The SMILES string of the molecule is CC(=O)OCc1cc2c(o1)-c1cc(Cl)ccc1Oc1ccccc1-2. The minimum absolute atomic E-state index is 0.0846. The number of carbonyl (C=O) groups excluding carboxylic acids is 1. The molecule has 0 saturated carbocycles. The lowest BCUT2D eigenvalue weighted by Gasteiger charge is -2.08. The summed E-state index contributed by atoms with van der Waals surface area (Å²) in [4.78, 5) is 11.1. The fourth-order valence-electron chi connectivity index (χ4n) is 2.75. The molecule has 0 fully saturated rings. The molecule has 3 aromatic rings. The highest BCUT2D eigenvalue weighted by molar-refractivity contribution is 6.31. The van der Waals surface area contributed by atoms with Crippen molar-refractivity contribution in [3.05, 3.63) is 59.3 Å². The summed E-state index contributed by atoms with van der Waals surface area (Å²) in [6.45, 7) is 1.45. The van der Waals surface area contributed by atoms with E-state index in [9.17, 15) is 4.79 Å². The molecule has 0 saturated heterocycles. The van der Waals surface area contributed by atoms with Gasteiger partial charge in [0.25, 0.3) is 0 Å². The van der Waals surface area contributed by atoms with Gasteiger partial charge in [-0.05, 0) is 30.3 Å². The molecule has 0 bridgehead atoms. The Hall–Kier alpha value is -2.72. The molecule has 4 rings (SSSR count). The minimum atomic E-state index is -0.353. The Morgan fingerprint density at radius 1 is 1.04 bits per heavy atom. The number of carbonyl (C=O) groups is 1. The van der Waals surface area contributed by atoms with Gasteiger partial charge in [-0.2, -0.15) is 0 Å². The van der Waals surface area contributed by atoms with Gasteiger partial charge in [-0.15, -0.1) is 0 Å². The van der Waals surface area contributed by atoms with Crippen LogP contribution in [0.15, 0.2) is 52.9 Å². The molecular weight excluding hydrogens is 328 g/mol. The van der Waals surface area contributed by atoms with Gasteiger partial charge in [-0.3, -0.25) is 4.79 Å². The molecule has 0 N–H and O–H groups in total. The zero-order valence-corrected chi connectivity index (χ0v) is 13.6. The van der Waals surface area contributed by atoms with Crippen LogP contribution in [0.4, 0.5) is 0 Å². The number of fused-ring (bicyclic) bond motifs is 5. The molecular formula is C19H13ClO4. The van der Waals surface area contributed by atoms with E-state index in [2.05, 4.69) is 0 Å². The number of ether oxygens (including phenoxy) is 2. The molecule has 1 aliphatic rings. The van der Waals surface area contributed by atoms with Crippen LogP contribution in [0.5, 0.6) is 11.5 Å². The number of para-hydroxylation sites is 1. The molecule has 120 valence electrons. The highest BCUT2D eigenvalue weighted by atomic mass is 35.5. The van der Waals surface area contributed by atoms with E-state index < -0.39 is 0 Å². The van der Waals surface area contributed by atoms with E-state index in [0.717, 1.165) is 22.4 Å². The second-order valence-corrected chi connectivity index (χ2v) is 5.91. The predicted octanol–water partition coefficient (Wildman–Crippen LogP) is 5.44. The standard InChI is InChI=1S/C19H13ClO4/c1-11(21)22-10-13-9-15-14-4-2-3-5-17(14)24-18-7-6-12(20)8-16(18)19(15)23-13/h2-9H,10H2,1H3. The van der Waals surface area contributed by atoms with Crippen molar-refractivity contribution >= 4 is 17.6 Å². The molecule has 5 heteroatoms. The fourth-order valence-corrected chi connectivity index (χ4v) is 2.92. The normalized spacial score (nSPS) is 11.6. The average molecular weight is 341 g/mol. The molecule has 2 aromatic carbocycles.